The van der Waals surface area contributed by atoms with Crippen LogP contribution in [0, 0.1) is 0 Å². The molecule has 0 amide bonds. The van der Waals surface area contributed by atoms with Gasteiger partial charge in [-0.3, -0.25) is 4.90 Å². The molecule has 0 spiro atoms. The SMILES string of the molecule is CCc1ccc(CC(NC)C2CN3CCCC3CO2)s1. The number of nitrogens with zero attached hydrogens (tertiary/aromatic N) is 1. The summed E-state index contributed by atoms with van der Waals surface area (Å²) in [5.74, 6) is 0. The molecule has 0 bridgehead atoms. The Labute approximate surface area is 126 Å². The highest BCUT2D eigenvalue weighted by atomic mass is 32.1. The Morgan fingerprint density at radius 1 is 1.45 bits per heavy atom. The van der Waals surface area contributed by atoms with Crippen molar-refractivity contribution in [1.29, 1.82) is 0 Å². The summed E-state index contributed by atoms with van der Waals surface area (Å²) in [6.07, 6.45) is 5.23. The van der Waals surface area contributed by atoms with E-state index < -0.39 is 0 Å². The van der Waals surface area contributed by atoms with Crippen molar-refractivity contribution in [3.63, 3.8) is 0 Å². The molecule has 3 nitrogen and oxygen atoms in total. The van der Waals surface area contributed by atoms with E-state index in [1.165, 1.54) is 29.1 Å². The molecule has 1 N–H and O–H groups in total. The maximum absolute atomic E-state index is 6.15. The Morgan fingerprint density at radius 2 is 2.30 bits per heavy atom. The third kappa shape index (κ3) is 3.08. The Balaban J connectivity index is 1.61. The second-order valence-electron chi connectivity index (χ2n) is 5.98. The molecular weight excluding hydrogens is 268 g/mol. The van der Waals surface area contributed by atoms with Gasteiger partial charge in [-0.05, 0) is 51.4 Å². The topological polar surface area (TPSA) is 24.5 Å². The summed E-state index contributed by atoms with van der Waals surface area (Å²) >= 11 is 1.95. The predicted molar refractivity (Wildman–Crippen MR) is 84.6 cm³/mol. The van der Waals surface area contributed by atoms with Gasteiger partial charge in [-0.2, -0.15) is 0 Å². The largest absolute Gasteiger partial charge is 0.374 e. The van der Waals surface area contributed by atoms with Crippen molar-refractivity contribution in [2.75, 3.05) is 26.7 Å². The summed E-state index contributed by atoms with van der Waals surface area (Å²) in [7, 11) is 2.07. The zero-order valence-corrected chi connectivity index (χ0v) is 13.4. The van der Waals surface area contributed by atoms with Gasteiger partial charge in [-0.15, -0.1) is 11.3 Å². The highest BCUT2D eigenvalue weighted by molar-refractivity contribution is 7.11. The molecule has 3 atom stereocenters. The van der Waals surface area contributed by atoms with E-state index in [4.69, 9.17) is 4.74 Å². The predicted octanol–water partition coefficient (Wildman–Crippen LogP) is 2.30. The van der Waals surface area contributed by atoms with Gasteiger partial charge in [-0.25, -0.2) is 0 Å². The Morgan fingerprint density at radius 3 is 3.05 bits per heavy atom. The molecule has 4 heteroatoms. The van der Waals surface area contributed by atoms with Gasteiger partial charge in [0.2, 0.25) is 0 Å². The van der Waals surface area contributed by atoms with E-state index in [1.807, 2.05) is 11.3 Å². The molecule has 112 valence electrons. The summed E-state index contributed by atoms with van der Waals surface area (Å²) in [5.41, 5.74) is 0. The number of fused-ring (bicyclic) bond motifs is 1. The first-order chi connectivity index (χ1) is 9.80. The maximum Gasteiger partial charge on any atom is 0.0858 e. The van der Waals surface area contributed by atoms with Crippen molar-refractivity contribution in [1.82, 2.24) is 10.2 Å². The van der Waals surface area contributed by atoms with Gasteiger partial charge in [0, 0.05) is 28.4 Å². The molecule has 0 aliphatic carbocycles. The van der Waals surface area contributed by atoms with Crippen molar-refractivity contribution in [2.45, 2.75) is 50.8 Å². The van der Waals surface area contributed by atoms with E-state index in [-0.39, 0.29) is 0 Å². The van der Waals surface area contributed by atoms with Gasteiger partial charge in [0.15, 0.2) is 0 Å². The van der Waals surface area contributed by atoms with Gasteiger partial charge in [0.05, 0.1) is 12.7 Å². The van der Waals surface area contributed by atoms with Crippen LogP contribution >= 0.6 is 11.3 Å². The second-order valence-corrected chi connectivity index (χ2v) is 7.24. The van der Waals surface area contributed by atoms with Crippen LogP contribution in [0.4, 0.5) is 0 Å². The standard InChI is InChI=1S/C16H26N2OS/c1-3-13-6-7-14(20-13)9-15(17-2)16-10-18-8-4-5-12(18)11-19-16/h6-7,12,15-17H,3-5,8-11H2,1-2H3. The minimum atomic E-state index is 0.335. The normalized spacial score (nSPS) is 28.5. The fourth-order valence-electron chi connectivity index (χ4n) is 3.44. The van der Waals surface area contributed by atoms with E-state index in [1.54, 1.807) is 0 Å². The molecule has 3 rings (SSSR count). The summed E-state index contributed by atoms with van der Waals surface area (Å²) in [4.78, 5) is 5.59. The molecule has 0 aromatic carbocycles. The molecule has 0 radical (unpaired) electrons. The molecule has 20 heavy (non-hydrogen) atoms. The van der Waals surface area contributed by atoms with Gasteiger partial charge in [-0.1, -0.05) is 6.92 Å². The van der Waals surface area contributed by atoms with Gasteiger partial charge >= 0.3 is 0 Å². The monoisotopic (exact) mass is 294 g/mol. The van der Waals surface area contributed by atoms with E-state index >= 15 is 0 Å². The minimum absolute atomic E-state index is 0.335. The highest BCUT2D eigenvalue weighted by Gasteiger charge is 2.35. The zero-order valence-electron chi connectivity index (χ0n) is 12.6. The summed E-state index contributed by atoms with van der Waals surface area (Å²) < 4.78 is 6.15. The van der Waals surface area contributed by atoms with Crippen molar-refractivity contribution in [2.24, 2.45) is 0 Å². The number of thiophene rings is 1. The molecule has 1 aromatic heterocycles. The minimum Gasteiger partial charge on any atom is -0.374 e. The Bertz CT molecular complexity index is 434. The van der Waals surface area contributed by atoms with Crippen LogP contribution in [0.1, 0.15) is 29.5 Å². The fraction of sp³-hybridized carbons (Fsp3) is 0.750. The van der Waals surface area contributed by atoms with Crippen LogP contribution in [-0.4, -0.2) is 49.8 Å². The van der Waals surface area contributed by atoms with E-state index in [2.05, 4.69) is 36.3 Å². The molecule has 2 fully saturated rings. The lowest BCUT2D eigenvalue weighted by atomic mass is 10.0. The molecule has 0 saturated carbocycles. The fourth-order valence-corrected chi connectivity index (χ4v) is 4.46. The summed E-state index contributed by atoms with van der Waals surface area (Å²) in [6.45, 7) is 5.51. The van der Waals surface area contributed by atoms with Crippen LogP contribution in [0.2, 0.25) is 0 Å². The van der Waals surface area contributed by atoms with Crippen molar-refractivity contribution in [3.05, 3.63) is 21.9 Å². The first-order valence-corrected chi connectivity index (χ1v) is 8.72. The molecule has 2 aliphatic heterocycles. The van der Waals surface area contributed by atoms with Crippen LogP contribution in [0.15, 0.2) is 12.1 Å². The molecule has 1 aromatic rings. The lowest BCUT2D eigenvalue weighted by Gasteiger charge is -2.38. The average Bonchev–Trinajstić information content (AvgIpc) is 3.12. The summed E-state index contributed by atoms with van der Waals surface area (Å²) in [5, 5.41) is 3.48. The number of morpholine rings is 1. The van der Waals surface area contributed by atoms with Crippen LogP contribution in [0.25, 0.3) is 0 Å². The third-order valence-electron chi connectivity index (χ3n) is 4.72. The number of hydrogen-bond acceptors (Lipinski definition) is 4. The van der Waals surface area contributed by atoms with E-state index in [0.717, 1.165) is 26.0 Å². The van der Waals surface area contributed by atoms with Gasteiger partial charge in [0.1, 0.15) is 0 Å². The molecule has 3 heterocycles. The van der Waals surface area contributed by atoms with Crippen molar-refractivity contribution in [3.8, 4) is 0 Å². The first kappa shape index (κ1) is 14.5. The van der Waals surface area contributed by atoms with Crippen LogP contribution in [0.3, 0.4) is 0 Å². The second kappa shape index (κ2) is 6.56. The number of likely N-dealkylation sites (N-methyl/N-ethyl adjacent to an activating group) is 1. The number of ether oxygens (including phenoxy) is 1. The van der Waals surface area contributed by atoms with Gasteiger partial charge in [0.25, 0.3) is 0 Å². The highest BCUT2D eigenvalue weighted by Crippen LogP contribution is 2.26. The lowest BCUT2D eigenvalue weighted by Crippen LogP contribution is -2.54. The van der Waals surface area contributed by atoms with Gasteiger partial charge < -0.3 is 10.1 Å². The van der Waals surface area contributed by atoms with Crippen LogP contribution in [0.5, 0.6) is 0 Å². The zero-order chi connectivity index (χ0) is 13.9. The average molecular weight is 294 g/mol. The maximum atomic E-state index is 6.15. The third-order valence-corrected chi connectivity index (χ3v) is 5.97. The molecular formula is C16H26N2OS. The van der Waals surface area contributed by atoms with E-state index in [9.17, 15) is 0 Å². The lowest BCUT2D eigenvalue weighted by molar-refractivity contribution is -0.0633. The Kier molecular flexibility index (Phi) is 4.76. The Hall–Kier alpha value is -0.420. The van der Waals surface area contributed by atoms with Crippen molar-refractivity contribution >= 4 is 11.3 Å². The number of aryl methyl sites for hydroxylation is 1. The summed E-state index contributed by atoms with van der Waals surface area (Å²) in [6, 6.07) is 5.68. The molecule has 2 saturated heterocycles. The number of nitrogens with one attached hydrogen (secondary N) is 1. The molecule has 2 aliphatic rings. The first-order valence-electron chi connectivity index (χ1n) is 7.90. The number of hydrogen-bond donors (Lipinski definition) is 1. The van der Waals surface area contributed by atoms with Crippen LogP contribution in [-0.2, 0) is 17.6 Å². The quantitative estimate of drug-likeness (QED) is 0.902. The smallest absolute Gasteiger partial charge is 0.0858 e. The molecule has 3 unspecified atom stereocenters. The van der Waals surface area contributed by atoms with Crippen molar-refractivity contribution < 1.29 is 4.74 Å². The number of rotatable bonds is 5. The van der Waals surface area contributed by atoms with E-state index in [0.29, 0.717) is 18.2 Å². The van der Waals surface area contributed by atoms with Crippen LogP contribution < -0.4 is 5.32 Å².